The Balaban J connectivity index is 1.92. The van der Waals surface area contributed by atoms with Crippen molar-refractivity contribution in [2.75, 3.05) is 11.9 Å². The van der Waals surface area contributed by atoms with Gasteiger partial charge in [-0.05, 0) is 67.2 Å². The van der Waals surface area contributed by atoms with Gasteiger partial charge in [0.25, 0.3) is 5.91 Å². The van der Waals surface area contributed by atoms with E-state index >= 15 is 0 Å². The third-order valence-corrected chi connectivity index (χ3v) is 5.16. The van der Waals surface area contributed by atoms with E-state index in [0.717, 1.165) is 24.8 Å². The van der Waals surface area contributed by atoms with E-state index in [4.69, 9.17) is 12.2 Å². The number of carbonyl (C=O) groups is 2. The first-order valence-corrected chi connectivity index (χ1v) is 11.3. The Morgan fingerprint density at radius 2 is 1.74 bits per heavy atom. The number of thiocarbonyl (C=S) groups is 1. The quantitative estimate of drug-likeness (QED) is 0.378. The van der Waals surface area contributed by atoms with Crippen LogP contribution in [-0.4, -0.2) is 23.5 Å². The number of benzene rings is 2. The van der Waals surface area contributed by atoms with Crippen LogP contribution in [0.25, 0.3) is 0 Å². The molecule has 0 aliphatic heterocycles. The van der Waals surface area contributed by atoms with Crippen LogP contribution in [0.15, 0.2) is 48.5 Å². The lowest BCUT2D eigenvalue weighted by atomic mass is 9.96. The fraction of sp³-hybridized carbons (Fsp3) is 0.400. The maximum atomic E-state index is 12.6. The van der Waals surface area contributed by atoms with E-state index in [1.54, 1.807) is 24.3 Å². The van der Waals surface area contributed by atoms with Gasteiger partial charge in [0.1, 0.15) is 0 Å². The minimum absolute atomic E-state index is 0.124. The highest BCUT2D eigenvalue weighted by Gasteiger charge is 2.17. The first-order chi connectivity index (χ1) is 14.8. The van der Waals surface area contributed by atoms with Gasteiger partial charge in [0.05, 0.1) is 5.92 Å². The summed E-state index contributed by atoms with van der Waals surface area (Å²) in [5, 5.41) is 8.83. The molecule has 1 atom stereocenters. The van der Waals surface area contributed by atoms with Crippen LogP contribution in [-0.2, 0) is 11.2 Å². The smallest absolute Gasteiger partial charge is 0.251 e. The number of rotatable bonds is 9. The number of nitrogens with one attached hydrogen (secondary N) is 3. The molecule has 2 rings (SSSR count). The molecule has 3 N–H and O–H groups in total. The molecule has 5 nitrogen and oxygen atoms in total. The van der Waals surface area contributed by atoms with Gasteiger partial charge in [-0.2, -0.15) is 0 Å². The van der Waals surface area contributed by atoms with E-state index in [0.29, 0.717) is 23.7 Å². The molecule has 0 aliphatic rings. The molecular formula is C25H33N3O2S. The van der Waals surface area contributed by atoms with Gasteiger partial charge in [0.2, 0.25) is 5.91 Å². The number of hydrogen-bond donors (Lipinski definition) is 3. The van der Waals surface area contributed by atoms with Crippen molar-refractivity contribution in [3.63, 3.8) is 0 Å². The fourth-order valence-corrected chi connectivity index (χ4v) is 3.39. The Hall–Kier alpha value is -2.73. The Morgan fingerprint density at radius 3 is 2.39 bits per heavy atom. The summed E-state index contributed by atoms with van der Waals surface area (Å²) in [5.74, 6) is -0.0383. The Kier molecular flexibility index (Phi) is 9.66. The lowest BCUT2D eigenvalue weighted by Crippen LogP contribution is -2.36. The number of carbonyl (C=O) groups excluding carboxylic acids is 2. The van der Waals surface area contributed by atoms with Crippen LogP contribution >= 0.6 is 12.2 Å². The van der Waals surface area contributed by atoms with Gasteiger partial charge in [-0.3, -0.25) is 9.59 Å². The van der Waals surface area contributed by atoms with Crippen LogP contribution < -0.4 is 16.0 Å². The van der Waals surface area contributed by atoms with E-state index in [2.05, 4.69) is 48.9 Å². The van der Waals surface area contributed by atoms with Gasteiger partial charge < -0.3 is 16.0 Å². The molecule has 166 valence electrons. The van der Waals surface area contributed by atoms with Gasteiger partial charge in [-0.25, -0.2) is 0 Å². The minimum atomic E-state index is -0.330. The minimum Gasteiger partial charge on any atom is -0.352 e. The summed E-state index contributed by atoms with van der Waals surface area (Å²) >= 11 is 5.30. The van der Waals surface area contributed by atoms with Crippen molar-refractivity contribution in [3.05, 3.63) is 65.2 Å². The summed E-state index contributed by atoms with van der Waals surface area (Å²) in [7, 11) is 0. The Labute approximate surface area is 191 Å². The molecular weight excluding hydrogens is 406 g/mol. The van der Waals surface area contributed by atoms with Gasteiger partial charge in [-0.1, -0.05) is 57.5 Å². The second kappa shape index (κ2) is 12.2. The van der Waals surface area contributed by atoms with Crippen molar-refractivity contribution < 1.29 is 9.59 Å². The lowest BCUT2D eigenvalue weighted by molar-refractivity contribution is -0.120. The molecule has 2 amide bonds. The standard InChI is InChI=1S/C25H33N3O2S/c1-5-6-14-26-24(30)21-8-7-9-22(16-21)27-25(31)28-23(29)18(4)20-12-10-19(11-13-20)15-17(2)3/h7-13,16-18H,5-6,14-15H2,1-4H3,(H,26,30)(H2,27,28,29,31). The van der Waals surface area contributed by atoms with E-state index in [1.807, 2.05) is 19.1 Å². The van der Waals surface area contributed by atoms with Gasteiger partial charge >= 0.3 is 0 Å². The monoisotopic (exact) mass is 439 g/mol. The van der Waals surface area contributed by atoms with Crippen LogP contribution in [0.1, 0.15) is 67.9 Å². The van der Waals surface area contributed by atoms with Gasteiger partial charge in [0, 0.05) is 17.8 Å². The van der Waals surface area contributed by atoms with Crippen molar-refractivity contribution in [2.24, 2.45) is 5.92 Å². The number of hydrogen-bond acceptors (Lipinski definition) is 3. The average molecular weight is 440 g/mol. The molecule has 0 aliphatic carbocycles. The van der Waals surface area contributed by atoms with Crippen LogP contribution in [0.2, 0.25) is 0 Å². The molecule has 2 aromatic carbocycles. The maximum absolute atomic E-state index is 12.6. The Morgan fingerprint density at radius 1 is 1.03 bits per heavy atom. The average Bonchev–Trinajstić information content (AvgIpc) is 2.73. The van der Waals surface area contributed by atoms with E-state index in [1.165, 1.54) is 5.56 Å². The van der Waals surface area contributed by atoms with Crippen molar-refractivity contribution >= 4 is 34.8 Å². The molecule has 0 aromatic heterocycles. The van der Waals surface area contributed by atoms with Crippen LogP contribution in [0.5, 0.6) is 0 Å². The predicted molar refractivity (Wildman–Crippen MR) is 131 cm³/mol. The fourth-order valence-electron chi connectivity index (χ4n) is 3.17. The van der Waals surface area contributed by atoms with Crippen LogP contribution in [0, 0.1) is 5.92 Å². The zero-order chi connectivity index (χ0) is 22.8. The summed E-state index contributed by atoms with van der Waals surface area (Å²) in [5.41, 5.74) is 3.41. The molecule has 6 heteroatoms. The third kappa shape index (κ3) is 8.13. The summed E-state index contributed by atoms with van der Waals surface area (Å²) in [6.07, 6.45) is 2.99. The molecule has 0 bridgehead atoms. The SMILES string of the molecule is CCCCNC(=O)c1cccc(NC(=S)NC(=O)C(C)c2ccc(CC(C)C)cc2)c1. The second-order valence-electron chi connectivity index (χ2n) is 8.19. The zero-order valence-electron chi connectivity index (χ0n) is 18.8. The number of amides is 2. The summed E-state index contributed by atoms with van der Waals surface area (Å²) in [4.78, 5) is 24.8. The van der Waals surface area contributed by atoms with Gasteiger partial charge in [0.15, 0.2) is 5.11 Å². The molecule has 0 saturated carbocycles. The number of unbranched alkanes of at least 4 members (excludes halogenated alkanes) is 1. The highest BCUT2D eigenvalue weighted by molar-refractivity contribution is 7.80. The van der Waals surface area contributed by atoms with E-state index in [-0.39, 0.29) is 22.8 Å². The summed E-state index contributed by atoms with van der Waals surface area (Å²) < 4.78 is 0. The molecule has 1 unspecified atom stereocenters. The highest BCUT2D eigenvalue weighted by atomic mass is 32.1. The molecule has 0 heterocycles. The summed E-state index contributed by atoms with van der Waals surface area (Å²) in [6.45, 7) is 8.96. The highest BCUT2D eigenvalue weighted by Crippen LogP contribution is 2.18. The van der Waals surface area contributed by atoms with Crippen LogP contribution in [0.4, 0.5) is 5.69 Å². The summed E-state index contributed by atoms with van der Waals surface area (Å²) in [6, 6.07) is 15.2. The molecule has 0 radical (unpaired) electrons. The van der Waals surface area contributed by atoms with Crippen molar-refractivity contribution in [2.45, 2.75) is 52.9 Å². The number of anilines is 1. The molecule has 2 aromatic rings. The predicted octanol–water partition coefficient (Wildman–Crippen LogP) is 5.03. The van der Waals surface area contributed by atoms with E-state index in [9.17, 15) is 9.59 Å². The third-order valence-electron chi connectivity index (χ3n) is 4.95. The Bertz CT molecular complexity index is 894. The first-order valence-electron chi connectivity index (χ1n) is 10.9. The lowest BCUT2D eigenvalue weighted by Gasteiger charge is -2.15. The molecule has 0 fully saturated rings. The van der Waals surface area contributed by atoms with Gasteiger partial charge in [-0.15, -0.1) is 0 Å². The largest absolute Gasteiger partial charge is 0.352 e. The normalized spacial score (nSPS) is 11.6. The van der Waals surface area contributed by atoms with Crippen LogP contribution in [0.3, 0.4) is 0 Å². The maximum Gasteiger partial charge on any atom is 0.251 e. The molecule has 0 saturated heterocycles. The van der Waals surface area contributed by atoms with Crippen molar-refractivity contribution in [1.29, 1.82) is 0 Å². The second-order valence-corrected chi connectivity index (χ2v) is 8.60. The first kappa shape index (κ1) is 24.5. The zero-order valence-corrected chi connectivity index (χ0v) is 19.6. The molecule has 31 heavy (non-hydrogen) atoms. The molecule has 0 spiro atoms. The van der Waals surface area contributed by atoms with Crippen molar-refractivity contribution in [3.8, 4) is 0 Å². The topological polar surface area (TPSA) is 70.2 Å². The van der Waals surface area contributed by atoms with E-state index < -0.39 is 0 Å². The van der Waals surface area contributed by atoms with Crippen molar-refractivity contribution in [1.82, 2.24) is 10.6 Å².